The topological polar surface area (TPSA) is 41.1 Å². The predicted molar refractivity (Wildman–Crippen MR) is 102 cm³/mol. The predicted octanol–water partition coefficient (Wildman–Crippen LogP) is 5.20. The lowest BCUT2D eigenvalue weighted by Gasteiger charge is -2.36. The average molecular weight is 361 g/mol. The number of thiophene rings is 2. The number of nitrogens with one attached hydrogen (secondary N) is 2. The van der Waals surface area contributed by atoms with Crippen LogP contribution in [0.1, 0.15) is 65.5 Å². The van der Waals surface area contributed by atoms with Crippen LogP contribution in [-0.2, 0) is 12.8 Å². The van der Waals surface area contributed by atoms with Crippen LogP contribution in [0.3, 0.4) is 0 Å². The Morgan fingerprint density at radius 3 is 2.88 bits per heavy atom. The van der Waals surface area contributed by atoms with Crippen molar-refractivity contribution in [2.75, 3.05) is 5.32 Å². The maximum Gasteiger partial charge on any atom is 0.256 e. The van der Waals surface area contributed by atoms with Crippen molar-refractivity contribution in [1.82, 2.24) is 5.32 Å². The first-order chi connectivity index (χ1) is 11.5. The zero-order chi connectivity index (χ0) is 16.9. The Hall–Kier alpha value is -1.33. The van der Waals surface area contributed by atoms with E-state index in [9.17, 15) is 4.79 Å². The van der Waals surface area contributed by atoms with Crippen LogP contribution in [0.25, 0.3) is 0 Å². The molecule has 2 aliphatic rings. The van der Waals surface area contributed by atoms with Crippen LogP contribution in [0.2, 0.25) is 0 Å². The normalized spacial score (nSPS) is 23.2. The number of rotatable bonds is 3. The molecule has 2 aromatic rings. The van der Waals surface area contributed by atoms with Crippen LogP contribution in [-0.4, -0.2) is 5.91 Å². The lowest BCUT2D eigenvalue weighted by atomic mass is 9.69. The summed E-state index contributed by atoms with van der Waals surface area (Å²) >= 11 is 3.48. The second-order valence-corrected chi connectivity index (χ2v) is 9.64. The summed E-state index contributed by atoms with van der Waals surface area (Å²) in [7, 11) is 0. The van der Waals surface area contributed by atoms with Gasteiger partial charge in [-0.15, -0.1) is 22.7 Å². The van der Waals surface area contributed by atoms with Gasteiger partial charge in [-0.25, -0.2) is 0 Å². The average Bonchev–Trinajstić information content (AvgIpc) is 3.21. The van der Waals surface area contributed by atoms with Crippen molar-refractivity contribution in [3.63, 3.8) is 0 Å². The third-order valence-electron chi connectivity index (χ3n) is 5.89. The highest BCUT2D eigenvalue weighted by Gasteiger charge is 2.37. The van der Waals surface area contributed by atoms with Crippen molar-refractivity contribution >= 4 is 33.6 Å². The first-order valence-corrected chi connectivity index (χ1v) is 10.4. The Bertz CT molecular complexity index is 761. The summed E-state index contributed by atoms with van der Waals surface area (Å²) in [6.07, 6.45) is 4.46. The van der Waals surface area contributed by atoms with Crippen molar-refractivity contribution < 1.29 is 4.79 Å². The molecule has 1 aliphatic carbocycles. The molecule has 128 valence electrons. The van der Waals surface area contributed by atoms with Crippen LogP contribution >= 0.6 is 22.7 Å². The van der Waals surface area contributed by atoms with Crippen molar-refractivity contribution in [3.05, 3.63) is 38.4 Å². The summed E-state index contributed by atoms with van der Waals surface area (Å²) < 4.78 is 0. The highest BCUT2D eigenvalue weighted by atomic mass is 32.1. The summed E-state index contributed by atoms with van der Waals surface area (Å²) in [5.41, 5.74) is 2.58. The van der Waals surface area contributed by atoms with Crippen molar-refractivity contribution in [2.45, 2.75) is 52.6 Å². The van der Waals surface area contributed by atoms with Crippen LogP contribution in [0.4, 0.5) is 5.00 Å². The van der Waals surface area contributed by atoms with Crippen molar-refractivity contribution in [1.29, 1.82) is 0 Å². The lowest BCUT2D eigenvalue weighted by Crippen LogP contribution is -2.38. The van der Waals surface area contributed by atoms with Crippen LogP contribution in [0.5, 0.6) is 0 Å². The molecule has 1 amide bonds. The van der Waals surface area contributed by atoms with Crippen LogP contribution in [0, 0.1) is 11.3 Å². The zero-order valence-electron chi connectivity index (χ0n) is 14.4. The Labute approximate surface area is 151 Å². The molecule has 0 aromatic carbocycles. The first kappa shape index (κ1) is 16.2. The van der Waals surface area contributed by atoms with Crippen LogP contribution in [0.15, 0.2) is 17.5 Å². The molecule has 0 saturated carbocycles. The molecule has 3 nitrogen and oxygen atoms in total. The Balaban J connectivity index is 1.64. The van der Waals surface area contributed by atoms with E-state index in [1.807, 2.05) is 6.07 Å². The number of carbonyl (C=O) groups excluding carboxylic acids is 1. The molecule has 2 aromatic heterocycles. The molecule has 24 heavy (non-hydrogen) atoms. The van der Waals surface area contributed by atoms with E-state index < -0.39 is 0 Å². The van der Waals surface area contributed by atoms with Crippen molar-refractivity contribution in [2.24, 2.45) is 11.3 Å². The van der Waals surface area contributed by atoms with E-state index in [1.165, 1.54) is 23.3 Å². The van der Waals surface area contributed by atoms with E-state index in [-0.39, 0.29) is 12.1 Å². The quantitative estimate of drug-likeness (QED) is 0.789. The SMILES string of the molecule is CCC(C)(C)[C@@H]1CCc2c(sc3c2C(=O)N[C@@H](c2cccs2)N3)C1. The summed E-state index contributed by atoms with van der Waals surface area (Å²) in [5.74, 6) is 0.805. The maximum atomic E-state index is 12.7. The fourth-order valence-corrected chi connectivity index (χ4v) is 5.93. The summed E-state index contributed by atoms with van der Waals surface area (Å²) in [6, 6.07) is 4.10. The minimum Gasteiger partial charge on any atom is -0.352 e. The number of hydrogen-bond donors (Lipinski definition) is 2. The monoisotopic (exact) mass is 360 g/mol. The fourth-order valence-electron chi connectivity index (χ4n) is 3.85. The molecule has 3 heterocycles. The van der Waals surface area contributed by atoms with Gasteiger partial charge >= 0.3 is 0 Å². The lowest BCUT2D eigenvalue weighted by molar-refractivity contribution is 0.0935. The molecule has 0 radical (unpaired) electrons. The first-order valence-electron chi connectivity index (χ1n) is 8.75. The minimum absolute atomic E-state index is 0.0898. The molecule has 1 aliphatic heterocycles. The molecule has 0 fully saturated rings. The largest absolute Gasteiger partial charge is 0.352 e. The van der Waals surface area contributed by atoms with Gasteiger partial charge in [-0.1, -0.05) is 33.3 Å². The molecule has 2 N–H and O–H groups in total. The van der Waals surface area contributed by atoms with Crippen molar-refractivity contribution in [3.8, 4) is 0 Å². The third kappa shape index (κ3) is 2.58. The van der Waals surface area contributed by atoms with E-state index in [1.54, 1.807) is 22.7 Å². The maximum absolute atomic E-state index is 12.7. The number of fused-ring (bicyclic) bond motifs is 3. The fraction of sp³-hybridized carbons (Fsp3) is 0.526. The highest BCUT2D eigenvalue weighted by molar-refractivity contribution is 7.16. The van der Waals surface area contributed by atoms with Gasteiger partial charge in [0.25, 0.3) is 5.91 Å². The standard InChI is InChI=1S/C19H24N2OS2/c1-4-19(2,3)11-7-8-12-14(10-11)24-18-15(12)17(22)20-16(21-18)13-6-5-9-23-13/h5-6,9,11,16,21H,4,7-8,10H2,1-3H3,(H,20,22)/t11-,16-/m1/s1. The number of hydrogen-bond acceptors (Lipinski definition) is 4. The van der Waals surface area contributed by atoms with Gasteiger partial charge in [-0.2, -0.15) is 0 Å². The smallest absolute Gasteiger partial charge is 0.256 e. The van der Waals surface area contributed by atoms with Gasteiger partial charge in [0, 0.05) is 9.75 Å². The molecule has 5 heteroatoms. The summed E-state index contributed by atoms with van der Waals surface area (Å²) in [5, 5.41) is 9.80. The Morgan fingerprint density at radius 2 is 2.17 bits per heavy atom. The van der Waals surface area contributed by atoms with Gasteiger partial charge in [0.15, 0.2) is 0 Å². The molecule has 0 saturated heterocycles. The van der Waals surface area contributed by atoms with Gasteiger partial charge in [0.1, 0.15) is 11.2 Å². The molecular weight excluding hydrogens is 336 g/mol. The van der Waals surface area contributed by atoms with Gasteiger partial charge in [-0.05, 0) is 47.6 Å². The molecular formula is C19H24N2OS2. The van der Waals surface area contributed by atoms with E-state index in [0.717, 1.165) is 28.3 Å². The molecule has 0 spiro atoms. The van der Waals surface area contributed by atoms with Gasteiger partial charge < -0.3 is 10.6 Å². The highest BCUT2D eigenvalue weighted by Crippen LogP contribution is 2.47. The van der Waals surface area contributed by atoms with E-state index >= 15 is 0 Å². The summed E-state index contributed by atoms with van der Waals surface area (Å²) in [4.78, 5) is 15.3. The zero-order valence-corrected chi connectivity index (χ0v) is 16.1. The Morgan fingerprint density at radius 1 is 1.33 bits per heavy atom. The van der Waals surface area contributed by atoms with E-state index in [2.05, 4.69) is 42.9 Å². The number of anilines is 1. The number of amides is 1. The molecule has 0 unspecified atom stereocenters. The Kier molecular flexibility index (Phi) is 3.96. The van der Waals surface area contributed by atoms with E-state index in [4.69, 9.17) is 0 Å². The van der Waals surface area contributed by atoms with Gasteiger partial charge in [0.05, 0.1) is 5.56 Å². The molecule has 4 rings (SSSR count). The second-order valence-electron chi connectivity index (χ2n) is 7.56. The molecule has 0 bridgehead atoms. The minimum atomic E-state index is -0.0898. The van der Waals surface area contributed by atoms with Gasteiger partial charge in [0.2, 0.25) is 0 Å². The molecule has 2 atom stereocenters. The summed E-state index contributed by atoms with van der Waals surface area (Å²) in [6.45, 7) is 7.05. The second kappa shape index (κ2) is 5.88. The third-order valence-corrected chi connectivity index (χ3v) is 8.01. The van der Waals surface area contributed by atoms with Crippen LogP contribution < -0.4 is 10.6 Å². The van der Waals surface area contributed by atoms with Gasteiger partial charge in [-0.3, -0.25) is 4.79 Å². The van der Waals surface area contributed by atoms with E-state index in [0.29, 0.717) is 11.3 Å². The number of carbonyl (C=O) groups is 1.